The van der Waals surface area contributed by atoms with Crippen molar-refractivity contribution in [3.63, 3.8) is 0 Å². The van der Waals surface area contributed by atoms with Crippen molar-refractivity contribution in [2.45, 2.75) is 6.10 Å². The summed E-state index contributed by atoms with van der Waals surface area (Å²) >= 11 is 10.9. The van der Waals surface area contributed by atoms with Crippen molar-refractivity contribution in [1.29, 1.82) is 0 Å². The van der Waals surface area contributed by atoms with Crippen molar-refractivity contribution in [1.82, 2.24) is 0 Å². The highest BCUT2D eigenvalue weighted by Crippen LogP contribution is 2.32. The lowest BCUT2D eigenvalue weighted by Crippen LogP contribution is -2.06. The fraction of sp³-hybridized carbons (Fsp3) is 0.0769. The van der Waals surface area contributed by atoms with Crippen LogP contribution in [0.15, 0.2) is 34.8 Å². The fourth-order valence-corrected chi connectivity index (χ4v) is 2.51. The van der Waals surface area contributed by atoms with Gasteiger partial charge in [0.15, 0.2) is 0 Å². The van der Waals surface area contributed by atoms with Gasteiger partial charge in [-0.05, 0) is 68.3 Å². The van der Waals surface area contributed by atoms with E-state index in [1.165, 1.54) is 12.1 Å². The quantitative estimate of drug-likeness (QED) is 0.491. The zero-order valence-corrected chi connectivity index (χ0v) is 13.8. The van der Waals surface area contributed by atoms with Gasteiger partial charge >= 0.3 is 0 Å². The molecule has 0 radical (unpaired) electrons. The molecule has 2 aromatic carbocycles. The molecular weight excluding hydrogens is 452 g/mol. The molecule has 0 heterocycles. The van der Waals surface area contributed by atoms with Gasteiger partial charge in [-0.2, -0.15) is 0 Å². The molecule has 0 bridgehead atoms. The summed E-state index contributed by atoms with van der Waals surface area (Å²) in [5.74, 6) is -1.62. The molecule has 1 N–H and O–H groups in total. The van der Waals surface area contributed by atoms with E-state index < -0.39 is 23.3 Å². The predicted octanol–water partition coefficient (Wildman–Crippen LogP) is 5.07. The van der Waals surface area contributed by atoms with Gasteiger partial charge in [0, 0.05) is 3.57 Å². The maximum Gasteiger partial charge on any atom is 0.146 e. The van der Waals surface area contributed by atoms with Crippen LogP contribution in [0.5, 0.6) is 0 Å². The third kappa shape index (κ3) is 3.09. The Morgan fingerprint density at radius 3 is 2.53 bits per heavy atom. The minimum atomic E-state index is -1.41. The summed E-state index contributed by atoms with van der Waals surface area (Å²) in [4.78, 5) is 0. The smallest absolute Gasteiger partial charge is 0.146 e. The van der Waals surface area contributed by atoms with Crippen LogP contribution in [0.3, 0.4) is 0 Å². The van der Waals surface area contributed by atoms with Gasteiger partial charge in [-0.25, -0.2) is 8.78 Å². The summed E-state index contributed by atoms with van der Waals surface area (Å²) in [5.41, 5.74) is -0.0621. The van der Waals surface area contributed by atoms with Crippen molar-refractivity contribution in [2.75, 3.05) is 0 Å². The first-order valence-corrected chi connectivity index (χ1v) is 7.43. The van der Waals surface area contributed by atoms with E-state index in [0.717, 1.165) is 9.64 Å². The first-order valence-electron chi connectivity index (χ1n) is 5.18. The van der Waals surface area contributed by atoms with E-state index in [-0.39, 0.29) is 4.47 Å². The molecule has 19 heavy (non-hydrogen) atoms. The van der Waals surface area contributed by atoms with Gasteiger partial charge in [0.2, 0.25) is 0 Å². The minimum absolute atomic E-state index is 0.0968. The molecule has 2 rings (SSSR count). The van der Waals surface area contributed by atoms with Gasteiger partial charge in [-0.3, -0.25) is 0 Å². The molecule has 1 atom stereocenters. The van der Waals surface area contributed by atoms with Gasteiger partial charge in [0.05, 0.1) is 15.1 Å². The number of halogens is 5. The summed E-state index contributed by atoms with van der Waals surface area (Å²) < 4.78 is 28.5. The normalized spacial score (nSPS) is 12.5. The van der Waals surface area contributed by atoms with Crippen LogP contribution >= 0.6 is 50.1 Å². The predicted molar refractivity (Wildman–Crippen MR) is 82.3 cm³/mol. The Bertz CT molecular complexity index is 636. The standard InChI is InChI=1S/C13H7BrClF2IO/c14-7-2-3-9(16)11(12(7)17)13(19)6-1-4-10(18)8(15)5-6/h1-5,13,19H. The Morgan fingerprint density at radius 2 is 1.89 bits per heavy atom. The summed E-state index contributed by atoms with van der Waals surface area (Å²) in [5, 5.41) is 10.6. The summed E-state index contributed by atoms with van der Waals surface area (Å²) in [6, 6.07) is 7.10. The van der Waals surface area contributed by atoms with Crippen molar-refractivity contribution in [3.05, 3.63) is 66.2 Å². The third-order valence-electron chi connectivity index (χ3n) is 2.61. The van der Waals surface area contributed by atoms with E-state index in [0.29, 0.717) is 10.6 Å². The highest BCUT2D eigenvalue weighted by molar-refractivity contribution is 14.1. The van der Waals surface area contributed by atoms with Gasteiger partial charge < -0.3 is 5.11 Å². The largest absolute Gasteiger partial charge is 0.383 e. The van der Waals surface area contributed by atoms with E-state index in [2.05, 4.69) is 15.9 Å². The average molecular weight is 459 g/mol. The van der Waals surface area contributed by atoms with Crippen molar-refractivity contribution in [2.24, 2.45) is 0 Å². The zero-order chi connectivity index (χ0) is 14.2. The minimum Gasteiger partial charge on any atom is -0.383 e. The average Bonchev–Trinajstić information content (AvgIpc) is 2.37. The fourth-order valence-electron chi connectivity index (χ4n) is 1.64. The lowest BCUT2D eigenvalue weighted by molar-refractivity contribution is 0.209. The van der Waals surface area contributed by atoms with Gasteiger partial charge in [-0.1, -0.05) is 17.7 Å². The van der Waals surface area contributed by atoms with Gasteiger partial charge in [-0.15, -0.1) is 0 Å². The van der Waals surface area contributed by atoms with Crippen LogP contribution in [-0.4, -0.2) is 5.11 Å². The lowest BCUT2D eigenvalue weighted by Gasteiger charge is -2.15. The number of hydrogen-bond acceptors (Lipinski definition) is 1. The number of benzene rings is 2. The number of aliphatic hydroxyl groups excluding tert-OH is 1. The molecule has 6 heteroatoms. The Balaban J connectivity index is 2.52. The molecule has 0 aromatic heterocycles. The van der Waals surface area contributed by atoms with Crippen LogP contribution in [0.2, 0.25) is 5.02 Å². The molecule has 2 aromatic rings. The first kappa shape index (κ1) is 15.2. The molecule has 0 aliphatic carbocycles. The number of rotatable bonds is 2. The molecule has 1 unspecified atom stereocenters. The highest BCUT2D eigenvalue weighted by Gasteiger charge is 2.22. The lowest BCUT2D eigenvalue weighted by atomic mass is 10.0. The Morgan fingerprint density at radius 1 is 1.21 bits per heavy atom. The van der Waals surface area contributed by atoms with Gasteiger partial charge in [0.25, 0.3) is 0 Å². The Hall–Kier alpha value is -0.240. The van der Waals surface area contributed by atoms with Crippen LogP contribution in [0.4, 0.5) is 8.78 Å². The van der Waals surface area contributed by atoms with Crippen molar-refractivity contribution in [3.8, 4) is 0 Å². The molecular formula is C13H7BrClF2IO. The molecule has 100 valence electrons. The first-order chi connectivity index (χ1) is 8.91. The van der Waals surface area contributed by atoms with E-state index in [4.69, 9.17) is 11.6 Å². The summed E-state index contributed by atoms with van der Waals surface area (Å²) in [6.45, 7) is 0. The molecule has 0 saturated carbocycles. The second-order valence-corrected chi connectivity index (χ2v) is 6.26. The van der Waals surface area contributed by atoms with Crippen molar-refractivity contribution >= 4 is 50.1 Å². The molecule has 0 spiro atoms. The van der Waals surface area contributed by atoms with Crippen LogP contribution in [0, 0.1) is 15.2 Å². The maximum absolute atomic E-state index is 13.9. The van der Waals surface area contributed by atoms with Gasteiger partial charge in [0.1, 0.15) is 17.7 Å². The molecule has 0 saturated heterocycles. The van der Waals surface area contributed by atoms with E-state index in [1.54, 1.807) is 12.1 Å². The van der Waals surface area contributed by atoms with Crippen LogP contribution in [-0.2, 0) is 0 Å². The van der Waals surface area contributed by atoms with Crippen LogP contribution in [0.25, 0.3) is 0 Å². The zero-order valence-electron chi connectivity index (χ0n) is 9.30. The second kappa shape index (κ2) is 6.03. The van der Waals surface area contributed by atoms with E-state index in [9.17, 15) is 13.9 Å². The Labute approximate surface area is 135 Å². The summed E-state index contributed by atoms with van der Waals surface area (Å²) in [7, 11) is 0. The summed E-state index contributed by atoms with van der Waals surface area (Å²) in [6.07, 6.45) is -1.41. The van der Waals surface area contributed by atoms with Crippen LogP contribution < -0.4 is 0 Å². The SMILES string of the molecule is OC(c1ccc(I)c(Cl)c1)c1c(F)ccc(Br)c1F. The molecule has 0 aliphatic heterocycles. The molecule has 1 nitrogen and oxygen atoms in total. The Kier molecular flexibility index (Phi) is 4.81. The third-order valence-corrected chi connectivity index (χ3v) is 4.80. The topological polar surface area (TPSA) is 20.2 Å². The molecule has 0 fully saturated rings. The second-order valence-electron chi connectivity index (χ2n) is 3.83. The van der Waals surface area contributed by atoms with Crippen LogP contribution in [0.1, 0.15) is 17.2 Å². The number of hydrogen-bond donors (Lipinski definition) is 1. The van der Waals surface area contributed by atoms with E-state index >= 15 is 0 Å². The molecule has 0 aliphatic rings. The maximum atomic E-state index is 13.9. The monoisotopic (exact) mass is 458 g/mol. The number of aliphatic hydroxyl groups is 1. The van der Waals surface area contributed by atoms with E-state index in [1.807, 2.05) is 22.6 Å². The molecule has 0 amide bonds. The van der Waals surface area contributed by atoms with Crippen molar-refractivity contribution < 1.29 is 13.9 Å². The highest BCUT2D eigenvalue weighted by atomic mass is 127.